The van der Waals surface area contributed by atoms with Crippen LogP contribution in [-0.4, -0.2) is 22.7 Å². The van der Waals surface area contributed by atoms with Gasteiger partial charge < -0.3 is 5.32 Å². The number of amides is 1. The largest absolute Gasteiger partial charge is 0.353 e. The number of halogens is 1. The fourth-order valence-electron chi connectivity index (χ4n) is 1.83. The Bertz CT molecular complexity index is 426. The van der Waals surface area contributed by atoms with Crippen molar-refractivity contribution < 1.29 is 4.79 Å². The molecule has 3 nitrogen and oxygen atoms in total. The zero-order valence-electron chi connectivity index (χ0n) is 12.4. The summed E-state index contributed by atoms with van der Waals surface area (Å²) in [6.45, 7) is 6.52. The first-order valence-electron chi connectivity index (χ1n) is 7.01. The van der Waals surface area contributed by atoms with Crippen molar-refractivity contribution in [2.75, 3.05) is 5.75 Å². The molecule has 0 aliphatic heterocycles. The molecule has 20 heavy (non-hydrogen) atoms. The lowest BCUT2D eigenvalue weighted by molar-refractivity contribution is -0.119. The van der Waals surface area contributed by atoms with E-state index in [1.165, 1.54) is 18.2 Å². The summed E-state index contributed by atoms with van der Waals surface area (Å²) in [6.07, 6.45) is 5.16. The second-order valence-corrected chi connectivity index (χ2v) is 7.19. The van der Waals surface area contributed by atoms with E-state index in [4.69, 9.17) is 0 Å². The number of carbonyl (C=O) groups excluding carboxylic acids is 1. The number of nitrogens with zero attached hydrogens (tertiary/aromatic N) is 1. The van der Waals surface area contributed by atoms with E-state index in [-0.39, 0.29) is 11.9 Å². The van der Waals surface area contributed by atoms with Crippen LogP contribution in [0.15, 0.2) is 27.8 Å². The minimum Gasteiger partial charge on any atom is -0.353 e. The Hall–Kier alpha value is -0.550. The Balaban J connectivity index is 2.24. The molecule has 0 radical (unpaired) electrons. The summed E-state index contributed by atoms with van der Waals surface area (Å²) in [5, 5.41) is 3.90. The number of hydrogen-bond donors (Lipinski definition) is 1. The zero-order chi connectivity index (χ0) is 15.0. The van der Waals surface area contributed by atoms with Gasteiger partial charge >= 0.3 is 0 Å². The van der Waals surface area contributed by atoms with Crippen LogP contribution in [0.25, 0.3) is 0 Å². The van der Waals surface area contributed by atoms with E-state index in [0.717, 1.165) is 28.3 Å². The monoisotopic (exact) mass is 358 g/mol. The molecule has 0 aromatic carbocycles. The van der Waals surface area contributed by atoms with Crippen LogP contribution in [0.5, 0.6) is 0 Å². The number of thioether (sulfide) groups is 1. The van der Waals surface area contributed by atoms with Crippen molar-refractivity contribution in [3.63, 3.8) is 0 Å². The summed E-state index contributed by atoms with van der Waals surface area (Å²) in [4.78, 5) is 16.1. The maximum atomic E-state index is 11.9. The van der Waals surface area contributed by atoms with E-state index < -0.39 is 0 Å². The molecule has 112 valence electrons. The van der Waals surface area contributed by atoms with Gasteiger partial charge in [0.2, 0.25) is 5.91 Å². The second-order valence-electron chi connectivity index (χ2n) is 5.37. The zero-order valence-corrected chi connectivity index (χ0v) is 14.8. The minimum atomic E-state index is 0.0737. The standard InChI is InChI=1S/C15H23BrN2OS/c1-11(2)6-4-7-12(3)18-14(19)10-20-15-13(16)8-5-9-17-15/h5,8-9,11-12H,4,6-7,10H2,1-3H3,(H,18,19). The van der Waals surface area contributed by atoms with Crippen molar-refractivity contribution in [1.29, 1.82) is 0 Å². The predicted octanol–water partition coefficient (Wildman–Crippen LogP) is 4.27. The third-order valence-corrected chi connectivity index (χ3v) is 4.80. The van der Waals surface area contributed by atoms with Gasteiger partial charge in [-0.2, -0.15) is 0 Å². The van der Waals surface area contributed by atoms with E-state index >= 15 is 0 Å². The van der Waals surface area contributed by atoms with E-state index in [2.05, 4.69) is 47.0 Å². The van der Waals surface area contributed by atoms with Crippen molar-refractivity contribution in [3.8, 4) is 0 Å². The van der Waals surface area contributed by atoms with E-state index in [9.17, 15) is 4.79 Å². The van der Waals surface area contributed by atoms with Gasteiger partial charge in [0.15, 0.2) is 0 Å². The summed E-state index contributed by atoms with van der Waals surface area (Å²) in [7, 11) is 0. The van der Waals surface area contributed by atoms with Gasteiger partial charge in [0.1, 0.15) is 5.03 Å². The van der Waals surface area contributed by atoms with Crippen LogP contribution < -0.4 is 5.32 Å². The summed E-state index contributed by atoms with van der Waals surface area (Å²) in [6, 6.07) is 4.04. The summed E-state index contributed by atoms with van der Waals surface area (Å²) in [5.74, 6) is 1.21. The molecule has 0 aliphatic rings. The van der Waals surface area contributed by atoms with Crippen LogP contribution in [0.3, 0.4) is 0 Å². The van der Waals surface area contributed by atoms with Crippen LogP contribution >= 0.6 is 27.7 Å². The molecule has 1 atom stereocenters. The Labute approximate surface area is 134 Å². The summed E-state index contributed by atoms with van der Waals surface area (Å²) < 4.78 is 0.933. The highest BCUT2D eigenvalue weighted by Crippen LogP contribution is 2.24. The number of carbonyl (C=O) groups is 1. The second kappa shape index (κ2) is 9.40. The van der Waals surface area contributed by atoms with Crippen molar-refractivity contribution in [2.24, 2.45) is 5.92 Å². The number of pyridine rings is 1. The molecule has 1 aromatic heterocycles. The molecule has 1 unspecified atom stereocenters. The van der Waals surface area contributed by atoms with Crippen molar-refractivity contribution in [2.45, 2.75) is 51.1 Å². The van der Waals surface area contributed by atoms with E-state index in [0.29, 0.717) is 5.75 Å². The molecule has 1 N–H and O–H groups in total. The fourth-order valence-corrected chi connectivity index (χ4v) is 3.12. The van der Waals surface area contributed by atoms with Crippen molar-refractivity contribution in [1.82, 2.24) is 10.3 Å². The lowest BCUT2D eigenvalue weighted by Crippen LogP contribution is -2.33. The smallest absolute Gasteiger partial charge is 0.230 e. The van der Waals surface area contributed by atoms with E-state index in [1.54, 1.807) is 6.20 Å². The van der Waals surface area contributed by atoms with E-state index in [1.807, 2.05) is 12.1 Å². The highest BCUT2D eigenvalue weighted by molar-refractivity contribution is 9.10. The molecule has 0 spiro atoms. The third kappa shape index (κ3) is 7.29. The molecule has 0 bridgehead atoms. The number of rotatable bonds is 8. The molecule has 1 aromatic rings. The molecule has 1 heterocycles. The first kappa shape index (κ1) is 17.5. The SMILES string of the molecule is CC(C)CCCC(C)NC(=O)CSc1ncccc1Br. The Morgan fingerprint density at radius 1 is 1.40 bits per heavy atom. The van der Waals surface area contributed by atoms with Gasteiger partial charge in [-0.3, -0.25) is 4.79 Å². The molecule has 1 amide bonds. The summed E-state index contributed by atoms with van der Waals surface area (Å²) >= 11 is 4.89. The molecule has 0 aliphatic carbocycles. The van der Waals surface area contributed by atoms with Gasteiger partial charge in [-0.05, 0) is 47.3 Å². The molecular weight excluding hydrogens is 336 g/mol. The molecule has 5 heteroatoms. The van der Waals surface area contributed by atoms with Crippen LogP contribution in [0.2, 0.25) is 0 Å². The van der Waals surface area contributed by atoms with Gasteiger partial charge in [-0.25, -0.2) is 4.98 Å². The van der Waals surface area contributed by atoms with Gasteiger partial charge in [-0.15, -0.1) is 0 Å². The highest BCUT2D eigenvalue weighted by Gasteiger charge is 2.09. The topological polar surface area (TPSA) is 42.0 Å². The van der Waals surface area contributed by atoms with Gasteiger partial charge in [0, 0.05) is 16.7 Å². The predicted molar refractivity (Wildman–Crippen MR) is 89.0 cm³/mol. The molecule has 0 saturated carbocycles. The molecule has 0 fully saturated rings. The fraction of sp³-hybridized carbons (Fsp3) is 0.600. The van der Waals surface area contributed by atoms with Gasteiger partial charge in [0.05, 0.1) is 5.75 Å². The number of aromatic nitrogens is 1. The molecule has 1 rings (SSSR count). The maximum absolute atomic E-state index is 11.9. The lowest BCUT2D eigenvalue weighted by atomic mass is 10.0. The maximum Gasteiger partial charge on any atom is 0.230 e. The first-order valence-corrected chi connectivity index (χ1v) is 8.79. The quantitative estimate of drug-likeness (QED) is 0.705. The average Bonchev–Trinajstić information content (AvgIpc) is 2.37. The van der Waals surface area contributed by atoms with Crippen LogP contribution in [0.1, 0.15) is 40.0 Å². The Kier molecular flexibility index (Phi) is 8.22. The Morgan fingerprint density at radius 2 is 2.15 bits per heavy atom. The lowest BCUT2D eigenvalue weighted by Gasteiger charge is -2.14. The molecular formula is C15H23BrN2OS. The van der Waals surface area contributed by atoms with Crippen LogP contribution in [0, 0.1) is 5.92 Å². The minimum absolute atomic E-state index is 0.0737. The molecule has 0 saturated heterocycles. The average molecular weight is 359 g/mol. The Morgan fingerprint density at radius 3 is 2.80 bits per heavy atom. The summed E-state index contributed by atoms with van der Waals surface area (Å²) in [5.41, 5.74) is 0. The van der Waals surface area contributed by atoms with Gasteiger partial charge in [-0.1, -0.05) is 38.5 Å². The highest BCUT2D eigenvalue weighted by atomic mass is 79.9. The third-order valence-electron chi connectivity index (χ3n) is 2.89. The van der Waals surface area contributed by atoms with Crippen LogP contribution in [0.4, 0.5) is 0 Å². The van der Waals surface area contributed by atoms with Gasteiger partial charge in [0.25, 0.3) is 0 Å². The number of hydrogen-bond acceptors (Lipinski definition) is 3. The normalized spacial score (nSPS) is 12.4. The van der Waals surface area contributed by atoms with Crippen LogP contribution in [-0.2, 0) is 4.79 Å². The van der Waals surface area contributed by atoms with Crippen molar-refractivity contribution >= 4 is 33.6 Å². The number of nitrogens with one attached hydrogen (secondary N) is 1. The first-order chi connectivity index (χ1) is 9.49. The van der Waals surface area contributed by atoms with Crippen molar-refractivity contribution in [3.05, 3.63) is 22.8 Å².